The molecule has 0 aromatic heterocycles. The topological polar surface area (TPSA) is 58.2 Å². The molecular formula is C25H28N2O2. The fourth-order valence-corrected chi connectivity index (χ4v) is 3.45. The average Bonchev–Trinajstić information content (AvgIpc) is 2.71. The van der Waals surface area contributed by atoms with Crippen molar-refractivity contribution in [2.45, 2.75) is 39.8 Å². The predicted octanol–water partition coefficient (Wildman–Crippen LogP) is 4.78. The second kappa shape index (κ2) is 8.91. The van der Waals surface area contributed by atoms with E-state index in [1.54, 1.807) is 6.07 Å². The number of nitrogens with one attached hydrogen (secondary N) is 2. The molecule has 4 heteroatoms. The third kappa shape index (κ3) is 4.83. The van der Waals surface area contributed by atoms with E-state index in [2.05, 4.69) is 34.9 Å². The van der Waals surface area contributed by atoms with E-state index < -0.39 is 6.04 Å². The molecule has 2 atom stereocenters. The highest BCUT2D eigenvalue weighted by Crippen LogP contribution is 2.20. The number of carbonyl (C=O) groups excluding carboxylic acids is 2. The predicted molar refractivity (Wildman–Crippen MR) is 118 cm³/mol. The van der Waals surface area contributed by atoms with Crippen LogP contribution in [-0.4, -0.2) is 17.9 Å². The Bertz CT molecular complexity index is 1030. The van der Waals surface area contributed by atoms with Crippen molar-refractivity contribution in [3.63, 3.8) is 0 Å². The SMILES string of the molecule is Cc1ccccc1C(=O)NC(C(=O)NC(C)c1ccc2ccccc2c1)C(C)C. The summed E-state index contributed by atoms with van der Waals surface area (Å²) < 4.78 is 0. The van der Waals surface area contributed by atoms with Crippen molar-refractivity contribution in [1.82, 2.24) is 10.6 Å². The molecule has 4 nitrogen and oxygen atoms in total. The van der Waals surface area contributed by atoms with Crippen molar-refractivity contribution in [2.24, 2.45) is 5.92 Å². The van der Waals surface area contributed by atoms with Crippen LogP contribution in [0.5, 0.6) is 0 Å². The van der Waals surface area contributed by atoms with Crippen LogP contribution in [0.4, 0.5) is 0 Å². The third-order valence-corrected chi connectivity index (χ3v) is 5.26. The maximum absolute atomic E-state index is 13.0. The summed E-state index contributed by atoms with van der Waals surface area (Å²) in [4.78, 5) is 25.7. The van der Waals surface area contributed by atoms with Crippen molar-refractivity contribution in [3.8, 4) is 0 Å². The third-order valence-electron chi connectivity index (χ3n) is 5.26. The molecule has 29 heavy (non-hydrogen) atoms. The van der Waals surface area contributed by atoms with Crippen molar-refractivity contribution >= 4 is 22.6 Å². The minimum absolute atomic E-state index is 0.0354. The molecular weight excluding hydrogens is 360 g/mol. The van der Waals surface area contributed by atoms with Gasteiger partial charge in [0.25, 0.3) is 5.91 Å². The molecule has 0 spiro atoms. The van der Waals surface area contributed by atoms with E-state index in [4.69, 9.17) is 0 Å². The van der Waals surface area contributed by atoms with Crippen molar-refractivity contribution in [2.75, 3.05) is 0 Å². The normalized spacial score (nSPS) is 13.1. The summed E-state index contributed by atoms with van der Waals surface area (Å²) in [5.74, 6) is -0.440. The molecule has 0 aliphatic carbocycles. The fourth-order valence-electron chi connectivity index (χ4n) is 3.45. The molecule has 2 N–H and O–H groups in total. The number of carbonyl (C=O) groups is 2. The van der Waals surface area contributed by atoms with E-state index in [0.717, 1.165) is 16.5 Å². The standard InChI is InChI=1S/C25H28N2O2/c1-16(2)23(27-24(28)22-12-8-5-9-17(22)3)25(29)26-18(4)20-14-13-19-10-6-7-11-21(19)15-20/h5-16,18,23H,1-4H3,(H,26,29)(H,27,28). The monoisotopic (exact) mass is 388 g/mol. The lowest BCUT2D eigenvalue weighted by molar-refractivity contribution is -0.124. The highest BCUT2D eigenvalue weighted by Gasteiger charge is 2.26. The van der Waals surface area contributed by atoms with Crippen LogP contribution in [0.3, 0.4) is 0 Å². The van der Waals surface area contributed by atoms with Gasteiger partial charge < -0.3 is 10.6 Å². The number of rotatable bonds is 6. The Labute approximate surface area is 172 Å². The van der Waals surface area contributed by atoms with Crippen LogP contribution >= 0.6 is 0 Å². The molecule has 0 saturated heterocycles. The fraction of sp³-hybridized carbons (Fsp3) is 0.280. The van der Waals surface area contributed by atoms with Crippen LogP contribution < -0.4 is 10.6 Å². The van der Waals surface area contributed by atoms with Crippen molar-refractivity contribution in [3.05, 3.63) is 83.4 Å². The molecule has 2 amide bonds. The molecule has 0 saturated carbocycles. The molecule has 2 unspecified atom stereocenters. The molecule has 3 aromatic carbocycles. The van der Waals surface area contributed by atoms with Crippen LogP contribution in [0.1, 0.15) is 48.3 Å². The highest BCUT2D eigenvalue weighted by atomic mass is 16.2. The lowest BCUT2D eigenvalue weighted by Gasteiger charge is -2.24. The number of hydrogen-bond donors (Lipinski definition) is 2. The zero-order valence-electron chi connectivity index (χ0n) is 17.4. The molecule has 3 rings (SSSR count). The van der Waals surface area contributed by atoms with Gasteiger partial charge in [-0.3, -0.25) is 9.59 Å². The van der Waals surface area contributed by atoms with Gasteiger partial charge in [0.05, 0.1) is 6.04 Å². The molecule has 0 aliphatic heterocycles. The summed E-state index contributed by atoms with van der Waals surface area (Å²) in [5, 5.41) is 8.27. The van der Waals surface area contributed by atoms with Gasteiger partial charge in [-0.15, -0.1) is 0 Å². The van der Waals surface area contributed by atoms with Crippen LogP contribution in [0.2, 0.25) is 0 Å². The Kier molecular flexibility index (Phi) is 6.32. The number of benzene rings is 3. The maximum atomic E-state index is 13.0. The minimum Gasteiger partial charge on any atom is -0.348 e. The van der Waals surface area contributed by atoms with Gasteiger partial charge in [-0.1, -0.05) is 68.4 Å². The quantitative estimate of drug-likeness (QED) is 0.638. The van der Waals surface area contributed by atoms with Gasteiger partial charge in [-0.25, -0.2) is 0 Å². The molecule has 0 bridgehead atoms. The molecule has 3 aromatic rings. The lowest BCUT2D eigenvalue weighted by Crippen LogP contribution is -2.50. The first kappa shape index (κ1) is 20.6. The number of hydrogen-bond acceptors (Lipinski definition) is 2. The zero-order chi connectivity index (χ0) is 21.0. The minimum atomic E-state index is -0.606. The Morgan fingerprint density at radius 1 is 0.793 bits per heavy atom. The van der Waals surface area contributed by atoms with Gasteiger partial charge in [-0.2, -0.15) is 0 Å². The first-order valence-corrected chi connectivity index (χ1v) is 10.0. The number of aryl methyl sites for hydroxylation is 1. The largest absolute Gasteiger partial charge is 0.348 e. The molecule has 0 aliphatic rings. The molecule has 150 valence electrons. The van der Waals surface area contributed by atoms with E-state index in [-0.39, 0.29) is 23.8 Å². The van der Waals surface area contributed by atoms with Crippen LogP contribution in [0, 0.1) is 12.8 Å². The van der Waals surface area contributed by atoms with Gasteiger partial charge in [0, 0.05) is 5.56 Å². The first-order chi connectivity index (χ1) is 13.9. The number of fused-ring (bicyclic) bond motifs is 1. The van der Waals surface area contributed by atoms with Crippen LogP contribution in [0.25, 0.3) is 10.8 Å². The Balaban J connectivity index is 1.73. The molecule has 0 fully saturated rings. The average molecular weight is 389 g/mol. The summed E-state index contributed by atoms with van der Waals surface area (Å²) >= 11 is 0. The molecule has 0 heterocycles. The lowest BCUT2D eigenvalue weighted by atomic mass is 9.99. The number of amides is 2. The summed E-state index contributed by atoms with van der Waals surface area (Å²) in [6, 6.07) is 21.0. The zero-order valence-corrected chi connectivity index (χ0v) is 17.4. The Morgan fingerprint density at radius 3 is 2.14 bits per heavy atom. The van der Waals surface area contributed by atoms with Crippen LogP contribution in [0.15, 0.2) is 66.7 Å². The van der Waals surface area contributed by atoms with E-state index in [1.807, 2.05) is 64.1 Å². The van der Waals surface area contributed by atoms with E-state index >= 15 is 0 Å². The Morgan fingerprint density at radius 2 is 1.45 bits per heavy atom. The second-order valence-electron chi connectivity index (χ2n) is 7.85. The first-order valence-electron chi connectivity index (χ1n) is 10.0. The van der Waals surface area contributed by atoms with Crippen LogP contribution in [-0.2, 0) is 4.79 Å². The van der Waals surface area contributed by atoms with E-state index in [9.17, 15) is 9.59 Å². The maximum Gasteiger partial charge on any atom is 0.252 e. The summed E-state index contributed by atoms with van der Waals surface area (Å²) in [6.07, 6.45) is 0. The van der Waals surface area contributed by atoms with Gasteiger partial charge >= 0.3 is 0 Å². The van der Waals surface area contributed by atoms with Crippen molar-refractivity contribution in [1.29, 1.82) is 0 Å². The summed E-state index contributed by atoms with van der Waals surface area (Å²) in [7, 11) is 0. The Hall–Kier alpha value is -3.14. The van der Waals surface area contributed by atoms with Gasteiger partial charge in [0.2, 0.25) is 5.91 Å². The molecule has 0 radical (unpaired) electrons. The smallest absolute Gasteiger partial charge is 0.252 e. The summed E-state index contributed by atoms with van der Waals surface area (Å²) in [5.41, 5.74) is 2.51. The van der Waals surface area contributed by atoms with Gasteiger partial charge in [0.1, 0.15) is 6.04 Å². The van der Waals surface area contributed by atoms with Gasteiger partial charge in [0.15, 0.2) is 0 Å². The second-order valence-corrected chi connectivity index (χ2v) is 7.85. The van der Waals surface area contributed by atoms with Gasteiger partial charge in [-0.05, 0) is 53.8 Å². The van der Waals surface area contributed by atoms with E-state index in [1.165, 1.54) is 5.39 Å². The summed E-state index contributed by atoms with van der Waals surface area (Å²) in [6.45, 7) is 7.72. The van der Waals surface area contributed by atoms with Crippen molar-refractivity contribution < 1.29 is 9.59 Å². The van der Waals surface area contributed by atoms with E-state index in [0.29, 0.717) is 5.56 Å². The highest BCUT2D eigenvalue weighted by molar-refractivity contribution is 5.98.